The first-order valence-electron chi connectivity index (χ1n) is 16.7. The van der Waals surface area contributed by atoms with Crippen molar-refractivity contribution in [1.29, 1.82) is 0 Å². The van der Waals surface area contributed by atoms with Gasteiger partial charge in [0.05, 0.1) is 0 Å². The number of carbonyl (C=O) groups is 2. The standard InChI is InChI=1S/C35H48F3N5O4/c1-22-6-7-26(40-31(44)24-8-13-39-29(19-24)35(36,37)38)21-27(22)25-18-28(23-9-16-46-17-10-23)41-30(20-25)43-14-11-34(5,12-15-43)42-32(45)47-33(2,3)4/h6-7,18,20-21,23-24,29,39H,8-17,19H2,1-5H3,(H,40,44)(H,42,45). The minimum Gasteiger partial charge on any atom is -0.444 e. The second-order valence-electron chi connectivity index (χ2n) is 14.5. The van der Waals surface area contributed by atoms with Gasteiger partial charge in [0, 0.05) is 55.1 Å². The van der Waals surface area contributed by atoms with Crippen molar-refractivity contribution in [3.8, 4) is 11.1 Å². The third-order valence-corrected chi connectivity index (χ3v) is 9.45. The van der Waals surface area contributed by atoms with E-state index in [0.717, 1.165) is 53.9 Å². The first-order valence-corrected chi connectivity index (χ1v) is 16.7. The molecule has 2 unspecified atom stereocenters. The van der Waals surface area contributed by atoms with Gasteiger partial charge < -0.3 is 30.3 Å². The maximum absolute atomic E-state index is 13.3. The molecular weight excluding hydrogens is 611 g/mol. The van der Waals surface area contributed by atoms with Crippen molar-refractivity contribution in [3.63, 3.8) is 0 Å². The molecule has 3 saturated heterocycles. The first kappa shape index (κ1) is 34.9. The smallest absolute Gasteiger partial charge is 0.408 e. The number of ether oxygens (including phenoxy) is 2. The highest BCUT2D eigenvalue weighted by Crippen LogP contribution is 2.36. The number of hydrogen-bond donors (Lipinski definition) is 3. The van der Waals surface area contributed by atoms with Crippen LogP contribution in [0.4, 0.5) is 29.5 Å². The molecule has 9 nitrogen and oxygen atoms in total. The summed E-state index contributed by atoms with van der Waals surface area (Å²) in [6, 6.07) is 8.13. The van der Waals surface area contributed by atoms with Gasteiger partial charge in [0.25, 0.3) is 0 Å². The molecule has 0 radical (unpaired) electrons. The second kappa shape index (κ2) is 14.0. The number of carbonyl (C=O) groups excluding carboxylic acids is 2. The molecule has 1 aromatic heterocycles. The van der Waals surface area contributed by atoms with E-state index in [1.165, 1.54) is 0 Å². The van der Waals surface area contributed by atoms with Crippen LogP contribution in [0.15, 0.2) is 30.3 Å². The number of aryl methyl sites for hydroxylation is 1. The van der Waals surface area contributed by atoms with E-state index in [0.29, 0.717) is 38.4 Å². The van der Waals surface area contributed by atoms with Crippen molar-refractivity contribution < 1.29 is 32.2 Å². The monoisotopic (exact) mass is 659 g/mol. The number of piperidine rings is 2. The molecule has 3 fully saturated rings. The van der Waals surface area contributed by atoms with E-state index in [2.05, 4.69) is 33.0 Å². The average molecular weight is 660 g/mol. The lowest BCUT2D eigenvalue weighted by Gasteiger charge is -2.41. The summed E-state index contributed by atoms with van der Waals surface area (Å²) >= 11 is 0. The number of nitrogens with one attached hydrogen (secondary N) is 3. The molecule has 0 aliphatic carbocycles. The second-order valence-corrected chi connectivity index (χ2v) is 14.5. The van der Waals surface area contributed by atoms with E-state index in [-0.39, 0.29) is 18.9 Å². The molecule has 1 aromatic carbocycles. The van der Waals surface area contributed by atoms with Gasteiger partial charge in [0.15, 0.2) is 0 Å². The van der Waals surface area contributed by atoms with Crippen molar-refractivity contribution in [3.05, 3.63) is 41.6 Å². The summed E-state index contributed by atoms with van der Waals surface area (Å²) < 4.78 is 51.1. The molecule has 0 spiro atoms. The number of nitrogens with zero attached hydrogens (tertiary/aromatic N) is 2. The first-order chi connectivity index (χ1) is 22.1. The van der Waals surface area contributed by atoms with Gasteiger partial charge in [0.1, 0.15) is 17.5 Å². The lowest BCUT2D eigenvalue weighted by Crippen LogP contribution is -2.54. The molecule has 0 bridgehead atoms. The number of alkyl halides is 3. The number of amides is 2. The normalized spacial score (nSPS) is 22.4. The number of benzene rings is 1. The number of rotatable bonds is 6. The Morgan fingerprint density at radius 2 is 1.77 bits per heavy atom. The van der Waals surface area contributed by atoms with E-state index < -0.39 is 41.3 Å². The topological polar surface area (TPSA) is 105 Å². The van der Waals surface area contributed by atoms with E-state index >= 15 is 0 Å². The van der Waals surface area contributed by atoms with Gasteiger partial charge in [0.2, 0.25) is 5.91 Å². The fourth-order valence-electron chi connectivity index (χ4n) is 6.62. The van der Waals surface area contributed by atoms with Crippen LogP contribution in [-0.2, 0) is 14.3 Å². The van der Waals surface area contributed by atoms with Gasteiger partial charge in [-0.25, -0.2) is 9.78 Å². The van der Waals surface area contributed by atoms with Crippen LogP contribution in [0.2, 0.25) is 0 Å². The lowest BCUT2D eigenvalue weighted by molar-refractivity contribution is -0.164. The minimum atomic E-state index is -4.39. The van der Waals surface area contributed by atoms with Gasteiger partial charge in [-0.2, -0.15) is 13.2 Å². The van der Waals surface area contributed by atoms with E-state index in [9.17, 15) is 22.8 Å². The van der Waals surface area contributed by atoms with Crippen LogP contribution in [0.25, 0.3) is 11.1 Å². The van der Waals surface area contributed by atoms with E-state index in [1.54, 1.807) is 6.07 Å². The summed E-state index contributed by atoms with van der Waals surface area (Å²) in [5, 5.41) is 8.45. The maximum atomic E-state index is 13.3. The molecule has 0 saturated carbocycles. The molecule has 3 N–H and O–H groups in total. The Balaban J connectivity index is 1.37. The minimum absolute atomic E-state index is 0.142. The van der Waals surface area contributed by atoms with E-state index in [1.807, 2.05) is 46.8 Å². The predicted octanol–water partition coefficient (Wildman–Crippen LogP) is 6.70. The zero-order valence-corrected chi connectivity index (χ0v) is 28.1. The molecule has 4 heterocycles. The lowest BCUT2D eigenvalue weighted by atomic mass is 9.89. The zero-order chi connectivity index (χ0) is 34.0. The van der Waals surface area contributed by atoms with Crippen molar-refractivity contribution in [2.24, 2.45) is 5.92 Å². The molecule has 258 valence electrons. The number of anilines is 2. The maximum Gasteiger partial charge on any atom is 0.408 e. The average Bonchev–Trinajstić information content (AvgIpc) is 3.01. The van der Waals surface area contributed by atoms with Crippen LogP contribution in [0.3, 0.4) is 0 Å². The molecule has 47 heavy (non-hydrogen) atoms. The molecule has 2 amide bonds. The molecule has 12 heteroatoms. The van der Waals surface area contributed by atoms with Crippen molar-refractivity contribution in [2.45, 2.75) is 102 Å². The van der Waals surface area contributed by atoms with Crippen LogP contribution < -0.4 is 20.9 Å². The summed E-state index contributed by atoms with van der Waals surface area (Å²) in [4.78, 5) is 33.0. The van der Waals surface area contributed by atoms with Gasteiger partial charge >= 0.3 is 12.3 Å². The summed E-state index contributed by atoms with van der Waals surface area (Å²) in [7, 11) is 0. The fraction of sp³-hybridized carbons (Fsp3) is 0.629. The highest BCUT2D eigenvalue weighted by molar-refractivity contribution is 5.93. The van der Waals surface area contributed by atoms with Gasteiger partial charge in [-0.05, 0) is 121 Å². The largest absolute Gasteiger partial charge is 0.444 e. The highest BCUT2D eigenvalue weighted by Gasteiger charge is 2.43. The zero-order valence-electron chi connectivity index (χ0n) is 28.1. The Morgan fingerprint density at radius 1 is 1.06 bits per heavy atom. The Labute approximate surface area is 275 Å². The third kappa shape index (κ3) is 9.16. The number of aromatic nitrogens is 1. The number of halogens is 3. The molecular formula is C35H48F3N5O4. The third-order valence-electron chi connectivity index (χ3n) is 9.45. The molecule has 5 rings (SSSR count). The van der Waals surface area contributed by atoms with Crippen LogP contribution in [0.1, 0.15) is 83.4 Å². The quantitative estimate of drug-likeness (QED) is 0.317. The highest BCUT2D eigenvalue weighted by atomic mass is 19.4. The summed E-state index contributed by atoms with van der Waals surface area (Å²) in [6.07, 6.45) is -1.55. The Kier molecular flexibility index (Phi) is 10.4. The summed E-state index contributed by atoms with van der Waals surface area (Å²) in [5.74, 6) is -0.0267. The van der Waals surface area contributed by atoms with Crippen LogP contribution >= 0.6 is 0 Å². The van der Waals surface area contributed by atoms with Crippen LogP contribution in [0.5, 0.6) is 0 Å². The predicted molar refractivity (Wildman–Crippen MR) is 176 cm³/mol. The van der Waals surface area contributed by atoms with Gasteiger partial charge in [-0.3, -0.25) is 4.79 Å². The molecule has 3 aliphatic heterocycles. The van der Waals surface area contributed by atoms with Crippen molar-refractivity contribution in [1.82, 2.24) is 15.6 Å². The van der Waals surface area contributed by atoms with Crippen LogP contribution in [-0.4, -0.2) is 73.2 Å². The number of hydrogen-bond acceptors (Lipinski definition) is 7. The van der Waals surface area contributed by atoms with E-state index in [4.69, 9.17) is 14.5 Å². The van der Waals surface area contributed by atoms with Gasteiger partial charge in [-0.15, -0.1) is 0 Å². The SMILES string of the molecule is Cc1ccc(NC(=O)C2CCNC(C(F)(F)F)C2)cc1-c1cc(C2CCOCC2)nc(N2CCC(C)(NC(=O)OC(C)(C)C)CC2)c1. The number of pyridine rings is 1. The Bertz CT molecular complexity index is 1430. The molecule has 2 aromatic rings. The fourth-order valence-corrected chi connectivity index (χ4v) is 6.62. The Morgan fingerprint density at radius 3 is 2.43 bits per heavy atom. The molecule has 3 aliphatic rings. The molecule has 2 atom stereocenters. The Hall–Kier alpha value is -3.38. The number of alkyl carbamates (subject to hydrolysis) is 1. The van der Waals surface area contributed by atoms with Crippen LogP contribution in [0, 0.1) is 12.8 Å². The van der Waals surface area contributed by atoms with Crippen molar-refractivity contribution in [2.75, 3.05) is 43.1 Å². The van der Waals surface area contributed by atoms with Gasteiger partial charge in [-0.1, -0.05) is 6.07 Å². The summed E-state index contributed by atoms with van der Waals surface area (Å²) in [5.41, 5.74) is 3.44. The van der Waals surface area contributed by atoms with Crippen molar-refractivity contribution >= 4 is 23.5 Å². The summed E-state index contributed by atoms with van der Waals surface area (Å²) in [6.45, 7) is 12.5.